The Morgan fingerprint density at radius 1 is 1.43 bits per heavy atom. The molecular weight excluding hydrogens is 356 g/mol. The quantitative estimate of drug-likeness (QED) is 0.880. The lowest BCUT2D eigenvalue weighted by Crippen LogP contribution is -2.55. The highest BCUT2D eigenvalue weighted by atomic mass is 79.9. The van der Waals surface area contributed by atoms with E-state index in [9.17, 15) is 4.79 Å². The number of nitrogens with one attached hydrogen (secondary N) is 1. The van der Waals surface area contributed by atoms with Crippen molar-refractivity contribution >= 4 is 33.4 Å². The highest BCUT2D eigenvalue weighted by Gasteiger charge is 2.28. The van der Waals surface area contributed by atoms with E-state index in [1.54, 1.807) is 18.2 Å². The Hall–Kier alpha value is -0.620. The number of hydrogen-bond acceptors (Lipinski definition) is 3. The Labute approximate surface area is 138 Å². The van der Waals surface area contributed by atoms with Crippen LogP contribution in [-0.2, 0) is 4.74 Å². The van der Waals surface area contributed by atoms with Gasteiger partial charge in [-0.3, -0.25) is 9.69 Å². The van der Waals surface area contributed by atoms with Crippen LogP contribution in [0.15, 0.2) is 22.7 Å². The summed E-state index contributed by atoms with van der Waals surface area (Å²) in [6, 6.07) is 5.21. The van der Waals surface area contributed by atoms with E-state index >= 15 is 0 Å². The van der Waals surface area contributed by atoms with E-state index in [0.29, 0.717) is 17.1 Å². The Kier molecular flexibility index (Phi) is 5.66. The minimum Gasteiger partial charge on any atom is -0.379 e. The van der Waals surface area contributed by atoms with Crippen molar-refractivity contribution < 1.29 is 9.53 Å². The third-order valence-corrected chi connectivity index (χ3v) is 4.96. The summed E-state index contributed by atoms with van der Waals surface area (Å²) in [5.41, 5.74) is 0.472. The fourth-order valence-corrected chi connectivity index (χ4v) is 2.74. The third-order valence-electron chi connectivity index (χ3n) is 3.73. The normalized spacial score (nSPS) is 16.8. The van der Waals surface area contributed by atoms with Gasteiger partial charge in [-0.1, -0.05) is 11.6 Å². The van der Waals surface area contributed by atoms with Gasteiger partial charge in [0.05, 0.1) is 18.2 Å². The molecule has 0 spiro atoms. The molecule has 1 fully saturated rings. The van der Waals surface area contributed by atoms with E-state index in [1.807, 2.05) is 0 Å². The molecule has 0 radical (unpaired) electrons. The van der Waals surface area contributed by atoms with E-state index in [2.05, 4.69) is 40.0 Å². The molecule has 0 aromatic heterocycles. The molecule has 1 aromatic rings. The summed E-state index contributed by atoms with van der Waals surface area (Å²) in [6.07, 6.45) is 0. The van der Waals surface area contributed by atoms with Gasteiger partial charge >= 0.3 is 0 Å². The number of amides is 1. The van der Waals surface area contributed by atoms with Crippen molar-refractivity contribution in [2.45, 2.75) is 19.4 Å². The highest BCUT2D eigenvalue weighted by molar-refractivity contribution is 9.10. The fraction of sp³-hybridized carbons (Fsp3) is 0.533. The number of morpholine rings is 1. The van der Waals surface area contributed by atoms with E-state index in [0.717, 1.165) is 30.8 Å². The van der Waals surface area contributed by atoms with Crippen LogP contribution < -0.4 is 5.32 Å². The second kappa shape index (κ2) is 7.09. The van der Waals surface area contributed by atoms with Gasteiger partial charge in [-0.15, -0.1) is 0 Å². The first-order valence-corrected chi connectivity index (χ1v) is 8.13. The van der Waals surface area contributed by atoms with Crippen molar-refractivity contribution in [1.82, 2.24) is 10.2 Å². The van der Waals surface area contributed by atoms with E-state index in [4.69, 9.17) is 16.3 Å². The Morgan fingerprint density at radius 3 is 2.71 bits per heavy atom. The zero-order chi connectivity index (χ0) is 15.5. The summed E-state index contributed by atoms with van der Waals surface area (Å²) < 4.78 is 6.15. The SMILES string of the molecule is CC(C)(CNC(=O)c1ccc(Br)c(Cl)c1)N1CCOCC1. The molecule has 21 heavy (non-hydrogen) atoms. The first-order valence-electron chi connectivity index (χ1n) is 6.96. The van der Waals surface area contributed by atoms with Gasteiger partial charge in [0, 0.05) is 35.2 Å². The third kappa shape index (κ3) is 4.42. The lowest BCUT2D eigenvalue weighted by molar-refractivity contribution is -0.00923. The summed E-state index contributed by atoms with van der Waals surface area (Å²) in [5, 5.41) is 3.52. The average molecular weight is 376 g/mol. The first-order chi connectivity index (χ1) is 9.90. The minimum absolute atomic E-state index is 0.0986. The smallest absolute Gasteiger partial charge is 0.251 e. The summed E-state index contributed by atoms with van der Waals surface area (Å²) in [7, 11) is 0. The topological polar surface area (TPSA) is 41.6 Å². The van der Waals surface area contributed by atoms with Gasteiger partial charge in [-0.25, -0.2) is 0 Å². The summed E-state index contributed by atoms with van der Waals surface area (Å²) in [5.74, 6) is -0.106. The van der Waals surface area contributed by atoms with Crippen molar-refractivity contribution in [2.75, 3.05) is 32.8 Å². The number of carbonyl (C=O) groups excluding carboxylic acids is 1. The molecule has 0 aliphatic carbocycles. The number of rotatable bonds is 4. The summed E-state index contributed by atoms with van der Waals surface area (Å²) in [4.78, 5) is 14.5. The molecule has 0 unspecified atom stereocenters. The van der Waals surface area contributed by atoms with Gasteiger partial charge in [0.15, 0.2) is 0 Å². The Balaban J connectivity index is 1.94. The Bertz CT molecular complexity index is 516. The molecule has 1 N–H and O–H groups in total. The van der Waals surface area contributed by atoms with Crippen LogP contribution in [0, 0.1) is 0 Å². The Morgan fingerprint density at radius 2 is 2.10 bits per heavy atom. The maximum absolute atomic E-state index is 12.2. The van der Waals surface area contributed by atoms with E-state index in [-0.39, 0.29) is 11.4 Å². The van der Waals surface area contributed by atoms with Crippen LogP contribution >= 0.6 is 27.5 Å². The van der Waals surface area contributed by atoms with Crippen LogP contribution in [-0.4, -0.2) is 49.2 Å². The van der Waals surface area contributed by atoms with Gasteiger partial charge in [-0.05, 0) is 48.0 Å². The zero-order valence-corrected chi connectivity index (χ0v) is 14.6. The molecule has 0 saturated carbocycles. The van der Waals surface area contributed by atoms with Crippen LogP contribution in [0.25, 0.3) is 0 Å². The second-order valence-corrected chi connectivity index (χ2v) is 6.98. The van der Waals surface area contributed by atoms with Crippen molar-refractivity contribution in [3.63, 3.8) is 0 Å². The lowest BCUT2D eigenvalue weighted by Gasteiger charge is -2.40. The maximum atomic E-state index is 12.2. The lowest BCUT2D eigenvalue weighted by atomic mass is 10.0. The molecule has 1 aliphatic rings. The van der Waals surface area contributed by atoms with Gasteiger partial charge in [0.25, 0.3) is 5.91 Å². The molecule has 0 bridgehead atoms. The number of halogens is 2. The molecule has 6 heteroatoms. The van der Waals surface area contributed by atoms with Crippen LogP contribution in [0.3, 0.4) is 0 Å². The zero-order valence-electron chi connectivity index (χ0n) is 12.3. The number of nitrogens with zero attached hydrogens (tertiary/aromatic N) is 1. The van der Waals surface area contributed by atoms with E-state index in [1.165, 1.54) is 0 Å². The number of benzene rings is 1. The first kappa shape index (κ1) is 16.7. The monoisotopic (exact) mass is 374 g/mol. The molecule has 1 aliphatic heterocycles. The number of hydrogen-bond donors (Lipinski definition) is 1. The molecule has 1 aromatic carbocycles. The molecule has 116 valence electrons. The van der Waals surface area contributed by atoms with Gasteiger partial charge in [-0.2, -0.15) is 0 Å². The average Bonchev–Trinajstić information content (AvgIpc) is 2.48. The predicted molar refractivity (Wildman–Crippen MR) is 88.0 cm³/mol. The number of ether oxygens (including phenoxy) is 1. The highest BCUT2D eigenvalue weighted by Crippen LogP contribution is 2.23. The van der Waals surface area contributed by atoms with Crippen LogP contribution in [0.2, 0.25) is 5.02 Å². The van der Waals surface area contributed by atoms with Crippen LogP contribution in [0.4, 0.5) is 0 Å². The maximum Gasteiger partial charge on any atom is 0.251 e. The van der Waals surface area contributed by atoms with Gasteiger partial charge < -0.3 is 10.1 Å². The molecule has 2 rings (SSSR count). The van der Waals surface area contributed by atoms with Crippen molar-refractivity contribution in [2.24, 2.45) is 0 Å². The van der Waals surface area contributed by atoms with E-state index < -0.39 is 0 Å². The summed E-state index contributed by atoms with van der Waals surface area (Å²) >= 11 is 9.34. The standard InChI is InChI=1S/C15H20BrClN2O2/c1-15(2,19-5-7-21-8-6-19)10-18-14(20)11-3-4-12(16)13(17)9-11/h3-4,9H,5-8,10H2,1-2H3,(H,18,20). The largest absolute Gasteiger partial charge is 0.379 e. The number of carbonyl (C=O) groups is 1. The van der Waals surface area contributed by atoms with Crippen LogP contribution in [0.1, 0.15) is 24.2 Å². The van der Waals surface area contributed by atoms with Gasteiger partial charge in [0.1, 0.15) is 0 Å². The molecule has 0 atom stereocenters. The minimum atomic E-state index is -0.106. The summed E-state index contributed by atoms with van der Waals surface area (Å²) in [6.45, 7) is 8.14. The molecule has 1 saturated heterocycles. The molecular formula is C15H20BrClN2O2. The van der Waals surface area contributed by atoms with Crippen LogP contribution in [0.5, 0.6) is 0 Å². The van der Waals surface area contributed by atoms with Crippen molar-refractivity contribution in [1.29, 1.82) is 0 Å². The molecule has 1 amide bonds. The van der Waals surface area contributed by atoms with Gasteiger partial charge in [0.2, 0.25) is 0 Å². The molecule has 1 heterocycles. The fourth-order valence-electron chi connectivity index (χ4n) is 2.32. The van der Waals surface area contributed by atoms with Crippen molar-refractivity contribution in [3.05, 3.63) is 33.3 Å². The molecule has 4 nitrogen and oxygen atoms in total. The second-order valence-electron chi connectivity index (χ2n) is 5.72. The predicted octanol–water partition coefficient (Wildman–Crippen LogP) is 2.94. The van der Waals surface area contributed by atoms with Crippen molar-refractivity contribution in [3.8, 4) is 0 Å².